The van der Waals surface area contributed by atoms with Crippen molar-refractivity contribution in [1.82, 2.24) is 5.32 Å². The van der Waals surface area contributed by atoms with Crippen LogP contribution in [0.5, 0.6) is 5.75 Å². The lowest BCUT2D eigenvalue weighted by Gasteiger charge is -2.23. The predicted octanol–water partition coefficient (Wildman–Crippen LogP) is 2.02. The van der Waals surface area contributed by atoms with Gasteiger partial charge in [0, 0.05) is 19.0 Å². The van der Waals surface area contributed by atoms with Gasteiger partial charge < -0.3 is 20.5 Å². The molecule has 1 aliphatic rings. The second kappa shape index (κ2) is 6.35. The smallest absolute Gasteiger partial charge is 0.407 e. The van der Waals surface area contributed by atoms with Gasteiger partial charge in [-0.15, -0.1) is 0 Å². The van der Waals surface area contributed by atoms with Gasteiger partial charge in [-0.3, -0.25) is 0 Å². The first-order valence-corrected chi connectivity index (χ1v) is 7.32. The quantitative estimate of drug-likeness (QED) is 0.890. The standard InChI is InChI=1S/C16H24N2O3/c1-16(2,3)21-15(19)18-13(10-17)9-12-6-4-5-11-7-8-20-14(11)12/h4-6,13H,7-10,17H2,1-3H3,(H,18,19). The van der Waals surface area contributed by atoms with Gasteiger partial charge in [-0.05, 0) is 38.3 Å². The second-order valence-electron chi connectivity index (χ2n) is 6.29. The van der Waals surface area contributed by atoms with Crippen LogP contribution in [0.25, 0.3) is 0 Å². The molecule has 1 unspecified atom stereocenters. The zero-order valence-electron chi connectivity index (χ0n) is 12.9. The Morgan fingerprint density at radius 1 is 1.48 bits per heavy atom. The fourth-order valence-electron chi connectivity index (χ4n) is 2.38. The van der Waals surface area contributed by atoms with Crippen molar-refractivity contribution in [2.45, 2.75) is 45.3 Å². The Balaban J connectivity index is 2.00. The largest absolute Gasteiger partial charge is 0.493 e. The molecule has 0 fully saturated rings. The van der Waals surface area contributed by atoms with Gasteiger partial charge in [0.25, 0.3) is 0 Å². The van der Waals surface area contributed by atoms with Crippen LogP contribution in [0.2, 0.25) is 0 Å². The first-order valence-electron chi connectivity index (χ1n) is 7.32. The minimum absolute atomic E-state index is 0.171. The number of alkyl carbamates (subject to hydrolysis) is 1. The van der Waals surface area contributed by atoms with Crippen LogP contribution in [0.3, 0.4) is 0 Å². The molecule has 0 saturated heterocycles. The van der Waals surface area contributed by atoms with E-state index < -0.39 is 11.7 Å². The molecule has 1 aromatic rings. The Morgan fingerprint density at radius 3 is 2.90 bits per heavy atom. The van der Waals surface area contributed by atoms with Crippen molar-refractivity contribution in [3.8, 4) is 5.75 Å². The lowest BCUT2D eigenvalue weighted by molar-refractivity contribution is 0.0505. The summed E-state index contributed by atoms with van der Waals surface area (Å²) >= 11 is 0. The van der Waals surface area contributed by atoms with Crippen LogP contribution in [-0.2, 0) is 17.6 Å². The van der Waals surface area contributed by atoms with Gasteiger partial charge in [-0.2, -0.15) is 0 Å². The predicted molar refractivity (Wildman–Crippen MR) is 81.6 cm³/mol. The van der Waals surface area contributed by atoms with Crippen LogP contribution in [-0.4, -0.2) is 30.9 Å². The molecule has 2 rings (SSSR count). The molecular weight excluding hydrogens is 268 g/mol. The molecular formula is C16H24N2O3. The van der Waals surface area contributed by atoms with E-state index in [1.54, 1.807) is 0 Å². The van der Waals surface area contributed by atoms with Crippen LogP contribution in [0.15, 0.2) is 18.2 Å². The van der Waals surface area contributed by atoms with E-state index in [-0.39, 0.29) is 6.04 Å². The maximum absolute atomic E-state index is 11.8. The molecule has 0 radical (unpaired) electrons. The van der Waals surface area contributed by atoms with Crippen LogP contribution in [0.1, 0.15) is 31.9 Å². The summed E-state index contributed by atoms with van der Waals surface area (Å²) in [7, 11) is 0. The number of benzene rings is 1. The van der Waals surface area contributed by atoms with Gasteiger partial charge in [-0.1, -0.05) is 18.2 Å². The first-order chi connectivity index (χ1) is 9.89. The Hall–Kier alpha value is -1.75. The van der Waals surface area contributed by atoms with E-state index in [2.05, 4.69) is 11.4 Å². The second-order valence-corrected chi connectivity index (χ2v) is 6.29. The number of nitrogens with one attached hydrogen (secondary N) is 1. The monoisotopic (exact) mass is 292 g/mol. The number of para-hydroxylation sites is 1. The van der Waals surface area contributed by atoms with Crippen LogP contribution < -0.4 is 15.8 Å². The molecule has 5 heteroatoms. The van der Waals surface area contributed by atoms with Gasteiger partial charge in [-0.25, -0.2) is 4.79 Å². The average Bonchev–Trinajstić information content (AvgIpc) is 2.84. The highest BCUT2D eigenvalue weighted by molar-refractivity contribution is 5.68. The van der Waals surface area contributed by atoms with E-state index in [9.17, 15) is 4.79 Å². The van der Waals surface area contributed by atoms with Crippen molar-refractivity contribution in [2.75, 3.05) is 13.2 Å². The molecule has 5 nitrogen and oxygen atoms in total. The van der Waals surface area contributed by atoms with E-state index in [1.165, 1.54) is 5.56 Å². The minimum atomic E-state index is -0.514. The molecule has 1 aromatic carbocycles. The zero-order chi connectivity index (χ0) is 15.5. The Labute approximate surface area is 125 Å². The lowest BCUT2D eigenvalue weighted by atomic mass is 10.0. The third-order valence-electron chi connectivity index (χ3n) is 3.27. The molecule has 0 spiro atoms. The number of carbonyl (C=O) groups excluding carboxylic acids is 1. The molecule has 1 heterocycles. The summed E-state index contributed by atoms with van der Waals surface area (Å²) in [5.41, 5.74) is 7.56. The third-order valence-corrected chi connectivity index (χ3v) is 3.27. The Kier molecular flexibility index (Phi) is 4.73. The van der Waals surface area contributed by atoms with E-state index in [0.717, 1.165) is 24.3 Å². The molecule has 0 saturated carbocycles. The number of rotatable bonds is 4. The van der Waals surface area contributed by atoms with Crippen LogP contribution in [0, 0.1) is 0 Å². The number of hydrogen-bond donors (Lipinski definition) is 2. The Morgan fingerprint density at radius 2 is 2.24 bits per heavy atom. The molecule has 3 N–H and O–H groups in total. The number of nitrogens with two attached hydrogens (primary N) is 1. The van der Waals surface area contributed by atoms with Gasteiger partial charge >= 0.3 is 6.09 Å². The topological polar surface area (TPSA) is 73.6 Å². The fraction of sp³-hybridized carbons (Fsp3) is 0.562. The summed E-state index contributed by atoms with van der Waals surface area (Å²) in [5, 5.41) is 2.82. The summed E-state index contributed by atoms with van der Waals surface area (Å²) in [6.07, 6.45) is 1.14. The van der Waals surface area contributed by atoms with E-state index >= 15 is 0 Å². The van der Waals surface area contributed by atoms with E-state index in [4.69, 9.17) is 15.2 Å². The normalized spacial score (nSPS) is 15.0. The van der Waals surface area contributed by atoms with Gasteiger partial charge in [0.2, 0.25) is 0 Å². The van der Waals surface area contributed by atoms with Gasteiger partial charge in [0.05, 0.1) is 6.61 Å². The first kappa shape index (κ1) is 15.6. The van der Waals surface area contributed by atoms with Crippen LogP contribution in [0.4, 0.5) is 4.79 Å². The Bertz CT molecular complexity index is 509. The molecule has 0 aromatic heterocycles. The van der Waals surface area contributed by atoms with Crippen molar-refractivity contribution in [1.29, 1.82) is 0 Å². The van der Waals surface area contributed by atoms with Crippen molar-refractivity contribution in [3.05, 3.63) is 29.3 Å². The average molecular weight is 292 g/mol. The molecule has 1 amide bonds. The minimum Gasteiger partial charge on any atom is -0.493 e. The van der Waals surface area contributed by atoms with Crippen molar-refractivity contribution >= 4 is 6.09 Å². The highest BCUT2D eigenvalue weighted by atomic mass is 16.6. The lowest BCUT2D eigenvalue weighted by Crippen LogP contribution is -2.44. The maximum atomic E-state index is 11.8. The van der Waals surface area contributed by atoms with E-state index in [0.29, 0.717) is 13.0 Å². The van der Waals surface area contributed by atoms with Crippen LogP contribution >= 0.6 is 0 Å². The fourth-order valence-corrected chi connectivity index (χ4v) is 2.38. The summed E-state index contributed by atoms with van der Waals surface area (Å²) in [6, 6.07) is 5.94. The number of fused-ring (bicyclic) bond motifs is 1. The van der Waals surface area contributed by atoms with Gasteiger partial charge in [0.1, 0.15) is 11.4 Å². The molecule has 0 aliphatic carbocycles. The molecule has 1 aliphatic heterocycles. The van der Waals surface area contributed by atoms with E-state index in [1.807, 2.05) is 32.9 Å². The summed E-state index contributed by atoms with van der Waals surface area (Å²) < 4.78 is 10.9. The zero-order valence-corrected chi connectivity index (χ0v) is 12.9. The summed E-state index contributed by atoms with van der Waals surface area (Å²) in [6.45, 7) is 6.58. The third kappa shape index (κ3) is 4.36. The number of ether oxygens (including phenoxy) is 2. The molecule has 1 atom stereocenters. The highest BCUT2D eigenvalue weighted by Gasteiger charge is 2.22. The molecule has 0 bridgehead atoms. The number of carbonyl (C=O) groups is 1. The molecule has 21 heavy (non-hydrogen) atoms. The summed E-state index contributed by atoms with van der Waals surface area (Å²) in [4.78, 5) is 11.8. The number of amides is 1. The molecule has 116 valence electrons. The van der Waals surface area contributed by atoms with Crippen molar-refractivity contribution in [2.24, 2.45) is 5.73 Å². The maximum Gasteiger partial charge on any atom is 0.407 e. The number of hydrogen-bond acceptors (Lipinski definition) is 4. The van der Waals surface area contributed by atoms with Crippen molar-refractivity contribution < 1.29 is 14.3 Å². The van der Waals surface area contributed by atoms with Crippen molar-refractivity contribution in [3.63, 3.8) is 0 Å². The summed E-state index contributed by atoms with van der Waals surface area (Å²) in [5.74, 6) is 0.946. The highest BCUT2D eigenvalue weighted by Crippen LogP contribution is 2.30. The van der Waals surface area contributed by atoms with Gasteiger partial charge in [0.15, 0.2) is 0 Å². The SMILES string of the molecule is CC(C)(C)OC(=O)NC(CN)Cc1cccc2c1OCC2.